The minimum absolute atomic E-state index is 0.0663. The van der Waals surface area contributed by atoms with Gasteiger partial charge in [0.05, 0.1) is 4.43 Å². The lowest BCUT2D eigenvalue weighted by Gasteiger charge is -2.20. The maximum atomic E-state index is 5.89. The van der Waals surface area contributed by atoms with Crippen molar-refractivity contribution >= 4 is 45.2 Å². The lowest BCUT2D eigenvalue weighted by Crippen LogP contribution is -2.25. The molecule has 2 nitrogen and oxygen atoms in total. The number of rotatable bonds is 8. The first-order valence-electron chi connectivity index (χ1n) is 6.28. The number of hydrogen-bond donors (Lipinski definition) is 0. The van der Waals surface area contributed by atoms with Crippen LogP contribution in [0.2, 0.25) is 0 Å². The third kappa shape index (κ3) is 7.49. The Hall–Kier alpha value is 0.160. The molecule has 1 aromatic carbocycles. The quantitative estimate of drug-likeness (QED) is 0.239. The van der Waals surface area contributed by atoms with Crippen LogP contribution in [0.25, 0.3) is 0 Å². The van der Waals surface area contributed by atoms with Crippen LogP contribution in [0.15, 0.2) is 30.3 Å². The first kappa shape index (κ1) is 17.2. The molecule has 0 bridgehead atoms. The molecule has 0 amide bonds. The van der Waals surface area contributed by atoms with Gasteiger partial charge < -0.3 is 9.47 Å². The van der Waals surface area contributed by atoms with Gasteiger partial charge in [0.15, 0.2) is 6.29 Å². The second-order valence-electron chi connectivity index (χ2n) is 3.93. The minimum Gasteiger partial charge on any atom is -0.352 e. The normalized spacial score (nSPS) is 13.4. The molecule has 2 unspecified atom stereocenters. The van der Waals surface area contributed by atoms with Crippen LogP contribution in [0.5, 0.6) is 0 Å². The average molecular weight is 484 g/mol. The molecule has 1 aromatic rings. The molecule has 0 saturated heterocycles. The summed E-state index contributed by atoms with van der Waals surface area (Å²) >= 11 is 4.33. The molecule has 0 heterocycles. The van der Waals surface area contributed by atoms with Crippen LogP contribution in [0.3, 0.4) is 0 Å². The number of halogens is 2. The fourth-order valence-electron chi connectivity index (χ4n) is 1.67. The maximum Gasteiger partial charge on any atom is 0.168 e. The summed E-state index contributed by atoms with van der Waals surface area (Å²) in [6.07, 6.45) is 1.63. The molecular weight excluding hydrogens is 466 g/mol. The Bertz CT molecular complexity index is 398. The molecule has 0 N–H and O–H groups in total. The summed E-state index contributed by atoms with van der Waals surface area (Å²) in [5, 5.41) is 0. The highest BCUT2D eigenvalue weighted by atomic mass is 127. The summed E-state index contributed by atoms with van der Waals surface area (Å²) in [4.78, 5) is 0. The van der Waals surface area contributed by atoms with Crippen LogP contribution in [-0.4, -0.2) is 23.4 Å². The first-order chi connectivity index (χ1) is 9.30. The Labute approximate surface area is 142 Å². The Morgan fingerprint density at radius 2 is 2.00 bits per heavy atom. The maximum absolute atomic E-state index is 5.89. The van der Waals surface area contributed by atoms with Gasteiger partial charge >= 0.3 is 0 Å². The second kappa shape index (κ2) is 10.9. The standard InChI is InChI=1S/C15H18I2O2/c1-2-18-15(12-17)19-14(10-11-16)9-8-13-6-4-3-5-7-13/h3-7,14-15H,2,8-9,12H2,1H3. The van der Waals surface area contributed by atoms with Crippen molar-refractivity contribution in [3.8, 4) is 9.85 Å². The summed E-state index contributed by atoms with van der Waals surface area (Å²) in [6.45, 7) is 2.64. The molecule has 0 aliphatic carbocycles. The molecule has 1 rings (SSSR count). The molecule has 0 saturated carbocycles. The highest BCUT2D eigenvalue weighted by Crippen LogP contribution is 2.11. The minimum atomic E-state index is -0.163. The van der Waals surface area contributed by atoms with Gasteiger partial charge in [0.1, 0.15) is 6.10 Å². The van der Waals surface area contributed by atoms with Gasteiger partial charge in [-0.25, -0.2) is 0 Å². The smallest absolute Gasteiger partial charge is 0.168 e. The van der Waals surface area contributed by atoms with Gasteiger partial charge in [0.25, 0.3) is 0 Å². The lowest BCUT2D eigenvalue weighted by molar-refractivity contribution is -0.139. The molecule has 0 fully saturated rings. The summed E-state index contributed by atoms with van der Waals surface area (Å²) < 4.78 is 15.1. The van der Waals surface area contributed by atoms with Crippen molar-refractivity contribution in [3.63, 3.8) is 0 Å². The monoisotopic (exact) mass is 484 g/mol. The van der Waals surface area contributed by atoms with Gasteiger partial charge in [0.2, 0.25) is 0 Å². The molecule has 0 spiro atoms. The van der Waals surface area contributed by atoms with E-state index in [2.05, 4.69) is 79.3 Å². The van der Waals surface area contributed by atoms with Crippen molar-refractivity contribution in [2.75, 3.05) is 11.0 Å². The van der Waals surface area contributed by atoms with E-state index in [-0.39, 0.29) is 12.4 Å². The van der Waals surface area contributed by atoms with Gasteiger partial charge in [-0.2, -0.15) is 0 Å². The fraction of sp³-hybridized carbons (Fsp3) is 0.467. The van der Waals surface area contributed by atoms with Crippen molar-refractivity contribution in [1.82, 2.24) is 0 Å². The van der Waals surface area contributed by atoms with E-state index in [1.807, 2.05) is 13.0 Å². The molecule has 0 aliphatic rings. The highest BCUT2D eigenvalue weighted by molar-refractivity contribution is 14.1. The van der Waals surface area contributed by atoms with Gasteiger partial charge in [-0.05, 0) is 29.3 Å². The topological polar surface area (TPSA) is 18.5 Å². The van der Waals surface area contributed by atoms with Crippen molar-refractivity contribution < 1.29 is 9.47 Å². The summed E-state index contributed by atoms with van der Waals surface area (Å²) in [7, 11) is 0. The molecule has 0 aromatic heterocycles. The second-order valence-corrected chi connectivity index (χ2v) is 5.35. The van der Waals surface area contributed by atoms with Crippen molar-refractivity contribution in [1.29, 1.82) is 0 Å². The van der Waals surface area contributed by atoms with E-state index in [1.54, 1.807) is 0 Å². The lowest BCUT2D eigenvalue weighted by atomic mass is 10.1. The summed E-state index contributed by atoms with van der Waals surface area (Å²) in [5.41, 5.74) is 1.31. The van der Waals surface area contributed by atoms with E-state index in [9.17, 15) is 0 Å². The van der Waals surface area contributed by atoms with Crippen LogP contribution >= 0.6 is 45.2 Å². The fourth-order valence-corrected chi connectivity index (χ4v) is 2.48. The SMILES string of the molecule is CCOC(CI)OC(C#CI)CCc1ccccc1. The first-order valence-corrected chi connectivity index (χ1v) is 8.88. The Morgan fingerprint density at radius 3 is 2.58 bits per heavy atom. The van der Waals surface area contributed by atoms with E-state index in [0.717, 1.165) is 17.3 Å². The largest absolute Gasteiger partial charge is 0.352 e. The van der Waals surface area contributed by atoms with Crippen LogP contribution in [0, 0.1) is 9.85 Å². The number of hydrogen-bond acceptors (Lipinski definition) is 2. The summed E-state index contributed by atoms with van der Waals surface area (Å²) in [6, 6.07) is 10.4. The van der Waals surface area contributed by atoms with Crippen molar-refractivity contribution in [2.45, 2.75) is 32.2 Å². The van der Waals surface area contributed by atoms with E-state index in [1.165, 1.54) is 5.56 Å². The highest BCUT2D eigenvalue weighted by Gasteiger charge is 2.14. The van der Waals surface area contributed by atoms with Crippen molar-refractivity contribution in [3.05, 3.63) is 35.9 Å². The molecule has 0 radical (unpaired) electrons. The Morgan fingerprint density at radius 1 is 1.26 bits per heavy atom. The third-order valence-corrected chi connectivity index (χ3v) is 3.58. The number of aryl methyl sites for hydroxylation is 1. The number of alkyl halides is 1. The van der Waals surface area contributed by atoms with Gasteiger partial charge in [-0.15, -0.1) is 0 Å². The predicted octanol–water partition coefficient (Wildman–Crippen LogP) is 4.20. The molecular formula is C15H18I2O2. The number of benzene rings is 1. The molecule has 104 valence electrons. The molecule has 2 atom stereocenters. The number of ether oxygens (including phenoxy) is 2. The zero-order chi connectivity index (χ0) is 13.9. The van der Waals surface area contributed by atoms with E-state index in [4.69, 9.17) is 9.47 Å². The van der Waals surface area contributed by atoms with Crippen LogP contribution in [0.4, 0.5) is 0 Å². The predicted molar refractivity (Wildman–Crippen MR) is 95.7 cm³/mol. The van der Waals surface area contributed by atoms with Crippen LogP contribution < -0.4 is 0 Å². The Kier molecular flexibility index (Phi) is 9.86. The van der Waals surface area contributed by atoms with Gasteiger partial charge in [0, 0.05) is 29.2 Å². The zero-order valence-corrected chi connectivity index (χ0v) is 15.3. The van der Waals surface area contributed by atoms with Gasteiger partial charge in [-0.1, -0.05) is 58.8 Å². The molecule has 0 aliphatic heterocycles. The average Bonchev–Trinajstić information content (AvgIpc) is 2.45. The van der Waals surface area contributed by atoms with E-state index < -0.39 is 0 Å². The van der Waals surface area contributed by atoms with E-state index in [0.29, 0.717) is 6.61 Å². The van der Waals surface area contributed by atoms with E-state index >= 15 is 0 Å². The zero-order valence-electron chi connectivity index (χ0n) is 10.9. The molecule has 4 heteroatoms. The molecule has 19 heavy (non-hydrogen) atoms. The Balaban J connectivity index is 2.49. The third-order valence-electron chi connectivity index (χ3n) is 2.55. The summed E-state index contributed by atoms with van der Waals surface area (Å²) in [5.74, 6) is 3.11. The van der Waals surface area contributed by atoms with Crippen LogP contribution in [-0.2, 0) is 15.9 Å². The van der Waals surface area contributed by atoms with Gasteiger partial charge in [-0.3, -0.25) is 0 Å². The van der Waals surface area contributed by atoms with Crippen LogP contribution in [0.1, 0.15) is 18.9 Å². The van der Waals surface area contributed by atoms with Crippen molar-refractivity contribution in [2.24, 2.45) is 0 Å².